The second-order valence-corrected chi connectivity index (χ2v) is 5.87. The third-order valence-corrected chi connectivity index (χ3v) is 3.99. The zero-order chi connectivity index (χ0) is 14.6. The number of hydrogen-bond donors (Lipinski definition) is 2. The number of nitrogens with zero attached hydrogens (tertiary/aromatic N) is 1. The molecule has 0 bridgehead atoms. The Morgan fingerprint density at radius 2 is 2.20 bits per heavy atom. The van der Waals surface area contributed by atoms with Crippen LogP contribution in [0.4, 0.5) is 0 Å². The lowest BCUT2D eigenvalue weighted by Crippen LogP contribution is -2.41. The molecule has 1 saturated carbocycles. The average molecular weight is 296 g/mol. The second-order valence-electron chi connectivity index (χ2n) is 5.46. The van der Waals surface area contributed by atoms with Crippen LogP contribution in [-0.2, 0) is 10.2 Å². The molecule has 0 spiro atoms. The number of halogens is 1. The quantitative estimate of drug-likeness (QED) is 0.625. The Balaban J connectivity index is 1.98. The van der Waals surface area contributed by atoms with Gasteiger partial charge in [0.1, 0.15) is 0 Å². The minimum atomic E-state index is 0.0785. The smallest absolute Gasteiger partial charge is 0.188 e. The molecule has 0 radical (unpaired) electrons. The Morgan fingerprint density at radius 3 is 2.80 bits per heavy atom. The second kappa shape index (κ2) is 6.46. The lowest BCUT2D eigenvalue weighted by molar-refractivity contribution is 0.179. The summed E-state index contributed by atoms with van der Waals surface area (Å²) in [6.45, 7) is 3.29. The Labute approximate surface area is 125 Å². The largest absolute Gasteiger partial charge is 0.383 e. The first kappa shape index (κ1) is 15.1. The van der Waals surface area contributed by atoms with E-state index in [4.69, 9.17) is 22.1 Å². The van der Waals surface area contributed by atoms with Crippen LogP contribution in [-0.4, -0.2) is 32.3 Å². The summed E-state index contributed by atoms with van der Waals surface area (Å²) in [6.07, 6.45) is 2.22. The molecule has 1 aromatic carbocycles. The van der Waals surface area contributed by atoms with Crippen molar-refractivity contribution in [3.8, 4) is 0 Å². The van der Waals surface area contributed by atoms with Crippen molar-refractivity contribution in [2.45, 2.75) is 31.2 Å². The van der Waals surface area contributed by atoms with Crippen LogP contribution in [0.3, 0.4) is 0 Å². The topological polar surface area (TPSA) is 59.6 Å². The standard InChI is InChI=1S/C15H22ClN3O/c1-11(9-20-2)19-14(17)18-10-15(7-8-15)12-5-3-4-6-13(12)16/h3-6,11H,7-10H2,1-2H3,(H3,17,18,19). The van der Waals surface area contributed by atoms with Crippen LogP contribution in [0.15, 0.2) is 29.3 Å². The average Bonchev–Trinajstić information content (AvgIpc) is 3.18. The first-order chi connectivity index (χ1) is 9.57. The molecule has 0 aromatic heterocycles. The molecule has 3 N–H and O–H groups in total. The van der Waals surface area contributed by atoms with Crippen molar-refractivity contribution in [2.24, 2.45) is 10.7 Å². The molecule has 5 heteroatoms. The van der Waals surface area contributed by atoms with E-state index in [0.29, 0.717) is 19.1 Å². The highest BCUT2D eigenvalue weighted by Crippen LogP contribution is 2.50. The number of benzene rings is 1. The van der Waals surface area contributed by atoms with Gasteiger partial charge in [-0.05, 0) is 31.4 Å². The Hall–Kier alpha value is -1.26. The van der Waals surface area contributed by atoms with Gasteiger partial charge < -0.3 is 15.8 Å². The molecule has 110 valence electrons. The first-order valence-electron chi connectivity index (χ1n) is 6.88. The number of nitrogens with one attached hydrogen (secondary N) is 1. The summed E-state index contributed by atoms with van der Waals surface area (Å²) >= 11 is 6.28. The summed E-state index contributed by atoms with van der Waals surface area (Å²) in [5, 5.41) is 3.94. The van der Waals surface area contributed by atoms with Crippen LogP contribution in [0.5, 0.6) is 0 Å². The van der Waals surface area contributed by atoms with E-state index in [0.717, 1.165) is 17.9 Å². The minimum Gasteiger partial charge on any atom is -0.383 e. The van der Waals surface area contributed by atoms with Crippen molar-refractivity contribution >= 4 is 17.6 Å². The van der Waals surface area contributed by atoms with Crippen molar-refractivity contribution in [1.29, 1.82) is 0 Å². The van der Waals surface area contributed by atoms with Crippen LogP contribution in [0.1, 0.15) is 25.3 Å². The maximum Gasteiger partial charge on any atom is 0.188 e. The van der Waals surface area contributed by atoms with Gasteiger partial charge in [0, 0.05) is 23.6 Å². The zero-order valence-electron chi connectivity index (χ0n) is 12.0. The van der Waals surface area contributed by atoms with Crippen LogP contribution in [0.2, 0.25) is 5.02 Å². The molecule has 1 aliphatic carbocycles. The number of ether oxygens (including phenoxy) is 1. The normalized spacial score (nSPS) is 18.6. The van der Waals surface area contributed by atoms with E-state index in [1.54, 1.807) is 7.11 Å². The van der Waals surface area contributed by atoms with Crippen LogP contribution in [0.25, 0.3) is 0 Å². The minimum absolute atomic E-state index is 0.0785. The Bertz CT molecular complexity index is 486. The van der Waals surface area contributed by atoms with E-state index in [-0.39, 0.29) is 11.5 Å². The molecule has 0 amide bonds. The Kier molecular flexibility index (Phi) is 4.89. The molecule has 0 heterocycles. The number of methoxy groups -OCH3 is 1. The highest BCUT2D eigenvalue weighted by atomic mass is 35.5. The van der Waals surface area contributed by atoms with Crippen molar-refractivity contribution in [3.63, 3.8) is 0 Å². The van der Waals surface area contributed by atoms with Gasteiger partial charge in [-0.3, -0.25) is 4.99 Å². The fourth-order valence-corrected chi connectivity index (χ4v) is 2.72. The SMILES string of the molecule is COCC(C)NC(N)=NCC1(c2ccccc2Cl)CC1. The van der Waals surface area contributed by atoms with Gasteiger partial charge in [-0.2, -0.15) is 0 Å². The summed E-state index contributed by atoms with van der Waals surface area (Å²) in [6, 6.07) is 8.14. The van der Waals surface area contributed by atoms with Gasteiger partial charge in [0.2, 0.25) is 0 Å². The third-order valence-electron chi connectivity index (χ3n) is 3.66. The highest BCUT2D eigenvalue weighted by molar-refractivity contribution is 6.31. The van der Waals surface area contributed by atoms with Gasteiger partial charge in [0.15, 0.2) is 5.96 Å². The van der Waals surface area contributed by atoms with Crippen LogP contribution >= 0.6 is 11.6 Å². The van der Waals surface area contributed by atoms with Crippen molar-refractivity contribution in [2.75, 3.05) is 20.3 Å². The lowest BCUT2D eigenvalue weighted by Gasteiger charge is -2.17. The molecule has 2 rings (SSSR count). The van der Waals surface area contributed by atoms with E-state index >= 15 is 0 Å². The van der Waals surface area contributed by atoms with Crippen molar-refractivity contribution in [1.82, 2.24) is 5.32 Å². The predicted molar refractivity (Wildman–Crippen MR) is 83.3 cm³/mol. The number of hydrogen-bond acceptors (Lipinski definition) is 2. The fraction of sp³-hybridized carbons (Fsp3) is 0.533. The van der Waals surface area contributed by atoms with Gasteiger partial charge in [0.05, 0.1) is 13.2 Å². The summed E-state index contributed by atoms with van der Waals surface area (Å²) in [5.74, 6) is 0.466. The van der Waals surface area contributed by atoms with Gasteiger partial charge >= 0.3 is 0 Å². The number of guanidine groups is 1. The summed E-state index contributed by atoms with van der Waals surface area (Å²) in [4.78, 5) is 4.47. The molecule has 0 saturated heterocycles. The van der Waals surface area contributed by atoms with E-state index in [9.17, 15) is 0 Å². The zero-order valence-corrected chi connectivity index (χ0v) is 12.8. The number of nitrogens with two attached hydrogens (primary N) is 1. The molecule has 1 unspecified atom stereocenters. The maximum atomic E-state index is 6.28. The van der Waals surface area contributed by atoms with Gasteiger partial charge in [-0.1, -0.05) is 29.8 Å². The molecular weight excluding hydrogens is 274 g/mol. The molecule has 1 aromatic rings. The fourth-order valence-electron chi connectivity index (χ4n) is 2.38. The van der Waals surface area contributed by atoms with Crippen LogP contribution < -0.4 is 11.1 Å². The molecular formula is C15H22ClN3O. The predicted octanol–water partition coefficient (Wildman–Crippen LogP) is 2.31. The maximum absolute atomic E-state index is 6.28. The Morgan fingerprint density at radius 1 is 1.50 bits per heavy atom. The highest BCUT2D eigenvalue weighted by Gasteiger charge is 2.45. The summed E-state index contributed by atoms with van der Waals surface area (Å²) < 4.78 is 5.06. The van der Waals surface area contributed by atoms with Crippen molar-refractivity contribution in [3.05, 3.63) is 34.9 Å². The molecule has 0 aliphatic heterocycles. The summed E-state index contributed by atoms with van der Waals surface area (Å²) in [7, 11) is 1.67. The van der Waals surface area contributed by atoms with Gasteiger partial charge in [-0.25, -0.2) is 0 Å². The van der Waals surface area contributed by atoms with Gasteiger partial charge in [-0.15, -0.1) is 0 Å². The van der Waals surface area contributed by atoms with Crippen molar-refractivity contribution < 1.29 is 4.74 Å². The molecule has 1 atom stereocenters. The number of rotatable bonds is 6. The molecule has 1 fully saturated rings. The van der Waals surface area contributed by atoms with Gasteiger partial charge in [0.25, 0.3) is 0 Å². The van der Waals surface area contributed by atoms with E-state index in [1.807, 2.05) is 25.1 Å². The third kappa shape index (κ3) is 3.64. The monoisotopic (exact) mass is 295 g/mol. The first-order valence-corrected chi connectivity index (χ1v) is 7.25. The lowest BCUT2D eigenvalue weighted by atomic mass is 9.96. The number of aliphatic imine (C=N–C) groups is 1. The molecule has 20 heavy (non-hydrogen) atoms. The van der Waals surface area contributed by atoms with E-state index in [1.165, 1.54) is 5.56 Å². The van der Waals surface area contributed by atoms with E-state index in [2.05, 4.69) is 16.4 Å². The molecule has 4 nitrogen and oxygen atoms in total. The molecule has 1 aliphatic rings. The van der Waals surface area contributed by atoms with Crippen LogP contribution in [0, 0.1) is 0 Å². The van der Waals surface area contributed by atoms with E-state index < -0.39 is 0 Å². The summed E-state index contributed by atoms with van der Waals surface area (Å²) in [5.41, 5.74) is 7.17.